The highest BCUT2D eigenvalue weighted by atomic mass is 32.2. The van der Waals surface area contributed by atoms with Gasteiger partial charge in [-0.1, -0.05) is 97.1 Å². The van der Waals surface area contributed by atoms with Crippen LogP contribution in [0.15, 0.2) is 114 Å². The fourth-order valence-electron chi connectivity index (χ4n) is 5.22. The number of aliphatic imine (C=N–C) groups is 1. The molecular formula is C36H34N4O3S. The van der Waals surface area contributed by atoms with E-state index < -0.39 is 12.1 Å². The summed E-state index contributed by atoms with van der Waals surface area (Å²) in [6.45, 7) is 1.27. The van der Waals surface area contributed by atoms with Gasteiger partial charge >= 0.3 is 6.09 Å². The lowest BCUT2D eigenvalue weighted by atomic mass is 10.0. The fraction of sp³-hybridized carbons (Fsp3) is 0.222. The first kappa shape index (κ1) is 30.6. The summed E-state index contributed by atoms with van der Waals surface area (Å²) in [7, 11) is 0. The first-order valence-electron chi connectivity index (χ1n) is 14.5. The molecule has 1 aliphatic rings. The second kappa shape index (κ2) is 15.0. The molecule has 1 heterocycles. The van der Waals surface area contributed by atoms with Crippen LogP contribution < -0.4 is 0 Å². The lowest BCUT2D eigenvalue weighted by molar-refractivity contribution is -0.141. The molecule has 0 radical (unpaired) electrons. The molecule has 0 aliphatic carbocycles. The SMILES string of the molecule is CSCC[C@H]1C(=O)N(Cc2ccc(C#N)c(N=C(c3ccccc3)c3ccccc3)c2)CCN1C(=O)OCc1ccccc1. The van der Waals surface area contributed by atoms with Gasteiger partial charge < -0.3 is 9.64 Å². The number of nitrogens with zero attached hydrogens (tertiary/aromatic N) is 4. The van der Waals surface area contributed by atoms with E-state index >= 15 is 0 Å². The predicted octanol–water partition coefficient (Wildman–Crippen LogP) is 6.83. The number of carbonyl (C=O) groups excluding carboxylic acids is 2. The average Bonchev–Trinajstić information content (AvgIpc) is 3.07. The van der Waals surface area contributed by atoms with E-state index in [2.05, 4.69) is 6.07 Å². The quantitative estimate of drug-likeness (QED) is 0.186. The number of amides is 2. The van der Waals surface area contributed by atoms with E-state index in [4.69, 9.17) is 9.73 Å². The Morgan fingerprint density at radius 1 is 0.909 bits per heavy atom. The van der Waals surface area contributed by atoms with Gasteiger partial charge in [0.1, 0.15) is 18.7 Å². The third-order valence-electron chi connectivity index (χ3n) is 7.50. The lowest BCUT2D eigenvalue weighted by Gasteiger charge is -2.40. The Morgan fingerprint density at radius 2 is 1.55 bits per heavy atom. The normalized spacial score (nSPS) is 14.5. The van der Waals surface area contributed by atoms with E-state index in [0.717, 1.165) is 33.7 Å². The maximum Gasteiger partial charge on any atom is 0.410 e. The van der Waals surface area contributed by atoms with Crippen molar-refractivity contribution in [3.63, 3.8) is 0 Å². The van der Waals surface area contributed by atoms with Gasteiger partial charge in [-0.05, 0) is 41.7 Å². The van der Waals surface area contributed by atoms with Crippen LogP contribution in [-0.2, 0) is 22.7 Å². The maximum absolute atomic E-state index is 13.8. The molecule has 0 N–H and O–H groups in total. The Kier molecular flexibility index (Phi) is 10.5. The van der Waals surface area contributed by atoms with Gasteiger partial charge in [0.25, 0.3) is 0 Å². The van der Waals surface area contributed by atoms with E-state index in [1.54, 1.807) is 27.6 Å². The van der Waals surface area contributed by atoms with Crippen molar-refractivity contribution in [2.45, 2.75) is 25.6 Å². The number of hydrogen-bond donors (Lipinski definition) is 0. The molecule has 5 rings (SSSR count). The van der Waals surface area contributed by atoms with Gasteiger partial charge in [0.2, 0.25) is 5.91 Å². The molecule has 44 heavy (non-hydrogen) atoms. The van der Waals surface area contributed by atoms with Gasteiger partial charge in [-0.25, -0.2) is 9.79 Å². The second-order valence-corrected chi connectivity index (χ2v) is 11.4. The molecule has 0 bridgehead atoms. The van der Waals surface area contributed by atoms with Crippen molar-refractivity contribution in [3.8, 4) is 6.07 Å². The minimum atomic E-state index is -0.599. The molecule has 2 amide bonds. The predicted molar refractivity (Wildman–Crippen MR) is 175 cm³/mol. The van der Waals surface area contributed by atoms with Crippen molar-refractivity contribution in [1.82, 2.24) is 9.80 Å². The largest absolute Gasteiger partial charge is 0.445 e. The van der Waals surface area contributed by atoms with Crippen LogP contribution in [0.4, 0.5) is 10.5 Å². The number of thioether (sulfide) groups is 1. The summed E-state index contributed by atoms with van der Waals surface area (Å²) in [6.07, 6.45) is 2.05. The molecule has 1 atom stereocenters. The van der Waals surface area contributed by atoms with Gasteiger partial charge in [0.15, 0.2) is 0 Å². The van der Waals surface area contributed by atoms with Crippen LogP contribution in [0.5, 0.6) is 0 Å². The van der Waals surface area contributed by atoms with Gasteiger partial charge in [0.05, 0.1) is 17.0 Å². The molecule has 1 fully saturated rings. The highest BCUT2D eigenvalue weighted by Gasteiger charge is 2.38. The topological polar surface area (TPSA) is 86.0 Å². The van der Waals surface area contributed by atoms with E-state index in [1.807, 2.05) is 109 Å². The number of benzene rings is 4. The minimum absolute atomic E-state index is 0.106. The fourth-order valence-corrected chi connectivity index (χ4v) is 5.68. The summed E-state index contributed by atoms with van der Waals surface area (Å²) in [6, 6.07) is 36.5. The smallest absolute Gasteiger partial charge is 0.410 e. The van der Waals surface area contributed by atoms with E-state index in [0.29, 0.717) is 37.3 Å². The molecule has 1 aliphatic heterocycles. The molecular weight excluding hydrogens is 568 g/mol. The van der Waals surface area contributed by atoms with Crippen molar-refractivity contribution < 1.29 is 14.3 Å². The van der Waals surface area contributed by atoms with E-state index in [9.17, 15) is 14.9 Å². The monoisotopic (exact) mass is 602 g/mol. The number of piperazine rings is 1. The average molecular weight is 603 g/mol. The molecule has 0 unspecified atom stereocenters. The molecule has 1 saturated heterocycles. The summed E-state index contributed by atoms with van der Waals surface area (Å²) in [5, 5.41) is 9.91. The summed E-state index contributed by atoms with van der Waals surface area (Å²) < 4.78 is 5.59. The van der Waals surface area contributed by atoms with E-state index in [1.165, 1.54) is 0 Å². The Morgan fingerprint density at radius 3 is 2.16 bits per heavy atom. The Hall–Kier alpha value is -4.87. The zero-order chi connectivity index (χ0) is 30.7. The van der Waals surface area contributed by atoms with Crippen molar-refractivity contribution in [1.29, 1.82) is 5.26 Å². The first-order chi connectivity index (χ1) is 21.6. The summed E-state index contributed by atoms with van der Waals surface area (Å²) in [4.78, 5) is 35.2. The molecule has 0 spiro atoms. The van der Waals surface area contributed by atoms with Crippen LogP contribution in [-0.4, -0.2) is 58.7 Å². The standard InChI is InChI=1S/C36H34N4O3S/c1-44-22-19-33-35(41)39(20-21-40(33)36(42)43-26-27-11-5-2-6-12-27)25-28-17-18-31(24-37)32(23-28)38-34(29-13-7-3-8-14-29)30-15-9-4-10-16-30/h2-18,23,33H,19-22,25-26H2,1H3/t33-/m0/s1. The van der Waals surface area contributed by atoms with Crippen LogP contribution in [0.25, 0.3) is 0 Å². The third kappa shape index (κ3) is 7.55. The molecule has 7 nitrogen and oxygen atoms in total. The Balaban J connectivity index is 1.37. The van der Waals surface area contributed by atoms with Crippen LogP contribution in [0, 0.1) is 11.3 Å². The van der Waals surface area contributed by atoms with Crippen LogP contribution >= 0.6 is 11.8 Å². The molecule has 0 aromatic heterocycles. The highest BCUT2D eigenvalue weighted by molar-refractivity contribution is 7.98. The first-order valence-corrected chi connectivity index (χ1v) is 15.9. The number of rotatable bonds is 10. The molecule has 222 valence electrons. The third-order valence-corrected chi connectivity index (χ3v) is 8.15. The van der Waals surface area contributed by atoms with E-state index in [-0.39, 0.29) is 12.5 Å². The molecule has 4 aromatic carbocycles. The van der Waals surface area contributed by atoms with Crippen molar-refractivity contribution >= 4 is 35.2 Å². The number of ether oxygens (including phenoxy) is 1. The molecule has 0 saturated carbocycles. The van der Waals surface area contributed by atoms with Crippen molar-refractivity contribution in [3.05, 3.63) is 137 Å². The summed E-state index contributed by atoms with van der Waals surface area (Å²) >= 11 is 1.64. The minimum Gasteiger partial charge on any atom is -0.445 e. The van der Waals surface area contributed by atoms with Crippen LogP contribution in [0.2, 0.25) is 0 Å². The van der Waals surface area contributed by atoms with Gasteiger partial charge in [0, 0.05) is 30.8 Å². The lowest BCUT2D eigenvalue weighted by Crippen LogP contribution is -2.58. The maximum atomic E-state index is 13.8. The van der Waals surface area contributed by atoms with Gasteiger partial charge in [-0.15, -0.1) is 0 Å². The van der Waals surface area contributed by atoms with Crippen molar-refractivity contribution in [2.24, 2.45) is 4.99 Å². The van der Waals surface area contributed by atoms with Crippen molar-refractivity contribution in [2.75, 3.05) is 25.1 Å². The second-order valence-electron chi connectivity index (χ2n) is 10.4. The van der Waals surface area contributed by atoms with Crippen LogP contribution in [0.1, 0.15) is 34.2 Å². The number of nitriles is 1. The Bertz CT molecular complexity index is 1600. The number of hydrogen-bond acceptors (Lipinski definition) is 6. The van der Waals surface area contributed by atoms with Gasteiger partial charge in [-0.2, -0.15) is 17.0 Å². The van der Waals surface area contributed by atoms with Crippen LogP contribution in [0.3, 0.4) is 0 Å². The Labute approximate surface area is 262 Å². The molecule has 4 aromatic rings. The zero-order valence-electron chi connectivity index (χ0n) is 24.6. The molecule has 8 heteroatoms. The van der Waals surface area contributed by atoms with Gasteiger partial charge in [-0.3, -0.25) is 9.69 Å². The zero-order valence-corrected chi connectivity index (χ0v) is 25.5. The highest BCUT2D eigenvalue weighted by Crippen LogP contribution is 2.26. The number of carbonyl (C=O) groups is 2. The summed E-state index contributed by atoms with van der Waals surface area (Å²) in [5.74, 6) is 0.634. The summed E-state index contributed by atoms with van der Waals surface area (Å²) in [5.41, 5.74) is 5.39.